The van der Waals surface area contributed by atoms with Crippen molar-refractivity contribution in [3.8, 4) is 0 Å². The summed E-state index contributed by atoms with van der Waals surface area (Å²) in [6, 6.07) is 0. The first-order valence-corrected chi connectivity index (χ1v) is 2.82. The maximum atomic E-state index is 11.7. The molecular weight excluding hydrogens is 145 g/mol. The molecule has 0 saturated carbocycles. The lowest BCUT2D eigenvalue weighted by molar-refractivity contribution is -0.127. The lowest BCUT2D eigenvalue weighted by Crippen LogP contribution is -2.16. The van der Waals surface area contributed by atoms with Crippen LogP contribution in [-0.2, 0) is 4.79 Å². The summed E-state index contributed by atoms with van der Waals surface area (Å²) in [5, 5.41) is 0. The Hall–Kier alpha value is -0.800. The highest BCUT2D eigenvalue weighted by Gasteiger charge is 2.39. The molecule has 1 aliphatic carbocycles. The Bertz CT molecular complexity index is 190. The van der Waals surface area contributed by atoms with Crippen LogP contribution in [0.5, 0.6) is 0 Å². The van der Waals surface area contributed by atoms with Crippen molar-refractivity contribution in [3.05, 3.63) is 11.6 Å². The van der Waals surface area contributed by atoms with Crippen molar-refractivity contribution in [3.63, 3.8) is 0 Å². The largest absolute Gasteiger partial charge is 0.419 e. The number of carbonyl (C=O) groups excluding carboxylic acids is 1. The average Bonchev–Trinajstić information content (AvgIpc) is 2.11. The molecule has 0 amide bonds. The third-order valence-electron chi connectivity index (χ3n) is 1.33. The van der Waals surface area contributed by atoms with Gasteiger partial charge in [0.25, 0.3) is 0 Å². The molecular formula is C6H5F3O. The molecule has 56 valence electrons. The number of halogens is 3. The van der Waals surface area contributed by atoms with Crippen LogP contribution in [0.4, 0.5) is 13.2 Å². The van der Waals surface area contributed by atoms with Crippen molar-refractivity contribution in [2.24, 2.45) is 0 Å². The molecule has 0 aliphatic heterocycles. The zero-order valence-corrected chi connectivity index (χ0v) is 5.03. The summed E-state index contributed by atoms with van der Waals surface area (Å²) >= 11 is 0. The molecule has 0 spiro atoms. The van der Waals surface area contributed by atoms with Crippen LogP contribution in [0.15, 0.2) is 11.6 Å². The fraction of sp³-hybridized carbons (Fsp3) is 0.500. The molecule has 1 aliphatic rings. The van der Waals surface area contributed by atoms with Gasteiger partial charge < -0.3 is 0 Å². The fourth-order valence-electron chi connectivity index (χ4n) is 0.870. The first-order chi connectivity index (χ1) is 4.52. The minimum absolute atomic E-state index is 0.00877. The van der Waals surface area contributed by atoms with Gasteiger partial charge in [0.2, 0.25) is 0 Å². The maximum Gasteiger partial charge on any atom is 0.419 e. The Morgan fingerprint density at radius 1 is 1.40 bits per heavy atom. The molecule has 0 radical (unpaired) electrons. The second-order valence-corrected chi connectivity index (χ2v) is 2.08. The minimum atomic E-state index is -4.44. The van der Waals surface area contributed by atoms with Crippen LogP contribution in [-0.4, -0.2) is 12.0 Å². The molecule has 0 unspecified atom stereocenters. The van der Waals surface area contributed by atoms with Crippen LogP contribution < -0.4 is 0 Å². The third-order valence-corrected chi connectivity index (χ3v) is 1.33. The highest BCUT2D eigenvalue weighted by molar-refractivity contribution is 5.98. The van der Waals surface area contributed by atoms with Gasteiger partial charge in [-0.2, -0.15) is 13.2 Å². The van der Waals surface area contributed by atoms with Crippen LogP contribution >= 0.6 is 0 Å². The Labute approximate surface area is 55.5 Å². The first kappa shape index (κ1) is 7.31. The molecule has 4 heteroatoms. The topological polar surface area (TPSA) is 17.1 Å². The number of hydrogen-bond donors (Lipinski definition) is 0. The number of carbonyl (C=O) groups is 1. The summed E-state index contributed by atoms with van der Waals surface area (Å²) in [5.41, 5.74) is -0.979. The van der Waals surface area contributed by atoms with E-state index in [0.717, 1.165) is 6.08 Å². The molecule has 0 saturated heterocycles. The molecule has 0 aromatic rings. The highest BCUT2D eigenvalue weighted by atomic mass is 19.4. The smallest absolute Gasteiger partial charge is 0.294 e. The Morgan fingerprint density at radius 3 is 2.20 bits per heavy atom. The van der Waals surface area contributed by atoms with E-state index in [1.165, 1.54) is 0 Å². The first-order valence-electron chi connectivity index (χ1n) is 2.82. The summed E-state index contributed by atoms with van der Waals surface area (Å²) in [7, 11) is 0. The van der Waals surface area contributed by atoms with Gasteiger partial charge >= 0.3 is 6.18 Å². The van der Waals surface area contributed by atoms with Crippen molar-refractivity contribution < 1.29 is 18.0 Å². The van der Waals surface area contributed by atoms with Crippen LogP contribution in [0.1, 0.15) is 12.8 Å². The van der Waals surface area contributed by atoms with Crippen LogP contribution in [0.25, 0.3) is 0 Å². The summed E-state index contributed by atoms with van der Waals surface area (Å²) in [6.45, 7) is 0. The molecule has 10 heavy (non-hydrogen) atoms. The van der Waals surface area contributed by atoms with Gasteiger partial charge in [0, 0.05) is 6.42 Å². The molecule has 0 fully saturated rings. The average molecular weight is 150 g/mol. The highest BCUT2D eigenvalue weighted by Crippen LogP contribution is 2.31. The lowest BCUT2D eigenvalue weighted by atomic mass is 10.2. The number of ketones is 1. The third kappa shape index (κ3) is 1.20. The molecule has 1 nitrogen and oxygen atoms in total. The van der Waals surface area contributed by atoms with Gasteiger partial charge in [-0.05, 0) is 6.42 Å². The van der Waals surface area contributed by atoms with Crippen LogP contribution in [0, 0.1) is 0 Å². The Balaban J connectivity index is 2.82. The maximum absolute atomic E-state index is 11.7. The van der Waals surface area contributed by atoms with E-state index in [-0.39, 0.29) is 12.8 Å². The van der Waals surface area contributed by atoms with E-state index in [1.807, 2.05) is 0 Å². The predicted molar refractivity (Wildman–Crippen MR) is 28.4 cm³/mol. The van der Waals surface area contributed by atoms with E-state index >= 15 is 0 Å². The number of hydrogen-bond acceptors (Lipinski definition) is 1. The summed E-state index contributed by atoms with van der Waals surface area (Å²) in [6.07, 6.45) is -3.25. The Kier molecular flexibility index (Phi) is 1.54. The van der Waals surface area contributed by atoms with Crippen molar-refractivity contribution in [1.82, 2.24) is 0 Å². The summed E-state index contributed by atoms with van der Waals surface area (Å²) < 4.78 is 35.2. The van der Waals surface area contributed by atoms with Gasteiger partial charge in [-0.15, -0.1) is 0 Å². The van der Waals surface area contributed by atoms with Crippen molar-refractivity contribution in [1.29, 1.82) is 0 Å². The van der Waals surface area contributed by atoms with Gasteiger partial charge in [0.05, 0.1) is 5.57 Å². The van der Waals surface area contributed by atoms with E-state index in [1.54, 1.807) is 0 Å². The van der Waals surface area contributed by atoms with Crippen LogP contribution in [0.2, 0.25) is 0 Å². The van der Waals surface area contributed by atoms with E-state index in [2.05, 4.69) is 0 Å². The van der Waals surface area contributed by atoms with Gasteiger partial charge in [-0.3, -0.25) is 4.79 Å². The van der Waals surface area contributed by atoms with Crippen molar-refractivity contribution in [2.75, 3.05) is 0 Å². The second-order valence-electron chi connectivity index (χ2n) is 2.08. The number of allylic oxidation sites excluding steroid dienone is 2. The minimum Gasteiger partial charge on any atom is -0.294 e. The van der Waals surface area contributed by atoms with E-state index < -0.39 is 17.5 Å². The van der Waals surface area contributed by atoms with Gasteiger partial charge in [0.1, 0.15) is 0 Å². The molecule has 0 atom stereocenters. The summed E-state index contributed by atoms with van der Waals surface area (Å²) in [5.74, 6) is -0.785. The number of rotatable bonds is 0. The normalized spacial score (nSPS) is 19.5. The molecule has 0 N–H and O–H groups in total. The van der Waals surface area contributed by atoms with E-state index in [9.17, 15) is 18.0 Å². The van der Waals surface area contributed by atoms with E-state index in [4.69, 9.17) is 0 Å². The summed E-state index contributed by atoms with van der Waals surface area (Å²) in [4.78, 5) is 10.4. The molecule has 0 aromatic heterocycles. The molecule has 0 aromatic carbocycles. The predicted octanol–water partition coefficient (Wildman–Crippen LogP) is 1.84. The fourth-order valence-corrected chi connectivity index (χ4v) is 0.870. The van der Waals surface area contributed by atoms with Crippen molar-refractivity contribution in [2.45, 2.75) is 19.0 Å². The monoisotopic (exact) mass is 150 g/mol. The SMILES string of the molecule is O=C1CCC=C1C(F)(F)F. The van der Waals surface area contributed by atoms with Crippen molar-refractivity contribution >= 4 is 5.78 Å². The lowest BCUT2D eigenvalue weighted by Gasteiger charge is -2.03. The second kappa shape index (κ2) is 2.11. The molecule has 0 bridgehead atoms. The standard InChI is InChI=1S/C6H5F3O/c7-6(8,9)4-2-1-3-5(4)10/h2H,1,3H2. The molecule has 0 heterocycles. The zero-order chi connectivity index (χ0) is 7.78. The van der Waals surface area contributed by atoms with Gasteiger partial charge in [-0.25, -0.2) is 0 Å². The zero-order valence-electron chi connectivity index (χ0n) is 5.03. The van der Waals surface area contributed by atoms with E-state index in [0.29, 0.717) is 0 Å². The van der Waals surface area contributed by atoms with Gasteiger partial charge in [-0.1, -0.05) is 6.08 Å². The van der Waals surface area contributed by atoms with Gasteiger partial charge in [0.15, 0.2) is 5.78 Å². The molecule has 1 rings (SSSR count). The number of alkyl halides is 3. The quantitative estimate of drug-likeness (QED) is 0.514. The van der Waals surface area contributed by atoms with Crippen LogP contribution in [0.3, 0.4) is 0 Å². The number of Topliss-reactive ketones (excluding diaryl/α,β-unsaturated/α-hetero) is 1. The Morgan fingerprint density at radius 2 is 2.00 bits per heavy atom.